The minimum Gasteiger partial charge on any atom is -0.469 e. The van der Waals surface area contributed by atoms with E-state index in [0.717, 1.165) is 12.8 Å². The molecule has 0 amide bonds. The second-order valence-corrected chi connectivity index (χ2v) is 5.77. The molecule has 1 aromatic heterocycles. The summed E-state index contributed by atoms with van der Waals surface area (Å²) < 4.78 is 4.81. The van der Waals surface area contributed by atoms with Crippen LogP contribution in [-0.4, -0.2) is 35.6 Å². The van der Waals surface area contributed by atoms with Gasteiger partial charge < -0.3 is 15.4 Å². The van der Waals surface area contributed by atoms with Gasteiger partial charge in [0, 0.05) is 12.6 Å². The first-order valence-electron chi connectivity index (χ1n) is 7.15. The van der Waals surface area contributed by atoms with Gasteiger partial charge >= 0.3 is 5.97 Å². The summed E-state index contributed by atoms with van der Waals surface area (Å²) in [5.41, 5.74) is 6.48. The van der Waals surface area contributed by atoms with E-state index < -0.39 is 0 Å². The van der Waals surface area contributed by atoms with E-state index in [1.54, 1.807) is 0 Å². The Hall–Kier alpha value is -1.56. The Morgan fingerprint density at radius 1 is 1.57 bits per heavy atom. The molecular formula is C14H21ClN4O2. The average molecular weight is 313 g/mol. The van der Waals surface area contributed by atoms with Crippen LogP contribution in [0.5, 0.6) is 0 Å². The summed E-state index contributed by atoms with van der Waals surface area (Å²) >= 11 is 5.90. The molecular weight excluding hydrogens is 292 g/mol. The number of nitrogen functional groups attached to an aromatic ring is 1. The molecule has 1 aromatic rings. The Kier molecular flexibility index (Phi) is 5.22. The number of carbonyl (C=O) groups excluding carboxylic acids is 1. The van der Waals surface area contributed by atoms with Crippen molar-refractivity contribution in [2.75, 3.05) is 24.3 Å². The summed E-state index contributed by atoms with van der Waals surface area (Å²) in [5.74, 6) is 0.109. The van der Waals surface area contributed by atoms with Gasteiger partial charge in [-0.1, -0.05) is 19.8 Å². The zero-order valence-corrected chi connectivity index (χ0v) is 13.1. The molecule has 1 fully saturated rings. The Morgan fingerprint density at radius 3 is 2.86 bits per heavy atom. The highest BCUT2D eigenvalue weighted by molar-refractivity contribution is 6.28. The maximum absolute atomic E-state index is 11.7. The van der Waals surface area contributed by atoms with Crippen molar-refractivity contribution in [3.8, 4) is 0 Å². The second-order valence-electron chi connectivity index (χ2n) is 5.43. The average Bonchev–Trinajstić information content (AvgIpc) is 3.00. The molecule has 0 saturated heterocycles. The predicted octanol–water partition coefficient (Wildman–Crippen LogP) is 2.27. The molecule has 2 rings (SSSR count). The van der Waals surface area contributed by atoms with Crippen molar-refractivity contribution in [1.29, 1.82) is 0 Å². The molecule has 1 aliphatic carbocycles. The standard InChI is InChI=1S/C14H21ClN4O2/c1-9(13(20)21-2)8-19(10-5-3-4-6-10)12-11(16)7-17-14(15)18-12/h7,9-10H,3-6,8,16H2,1-2H3. The van der Waals surface area contributed by atoms with Crippen LogP contribution in [0, 0.1) is 5.92 Å². The second kappa shape index (κ2) is 6.93. The maximum atomic E-state index is 11.7. The summed E-state index contributed by atoms with van der Waals surface area (Å²) in [7, 11) is 1.40. The van der Waals surface area contributed by atoms with E-state index in [-0.39, 0.29) is 17.2 Å². The number of ether oxygens (including phenoxy) is 1. The van der Waals surface area contributed by atoms with E-state index in [1.165, 1.54) is 26.1 Å². The zero-order chi connectivity index (χ0) is 15.4. The van der Waals surface area contributed by atoms with Crippen molar-refractivity contribution in [1.82, 2.24) is 9.97 Å². The predicted molar refractivity (Wildman–Crippen MR) is 82.2 cm³/mol. The third-order valence-corrected chi connectivity index (χ3v) is 4.06. The van der Waals surface area contributed by atoms with Gasteiger partial charge in [-0.3, -0.25) is 4.79 Å². The van der Waals surface area contributed by atoms with Crippen molar-refractivity contribution in [3.05, 3.63) is 11.5 Å². The van der Waals surface area contributed by atoms with Crippen molar-refractivity contribution >= 4 is 29.1 Å². The van der Waals surface area contributed by atoms with Gasteiger partial charge in [-0.05, 0) is 24.4 Å². The first-order valence-corrected chi connectivity index (χ1v) is 7.53. The van der Waals surface area contributed by atoms with E-state index in [1.807, 2.05) is 6.92 Å². The topological polar surface area (TPSA) is 81.3 Å². The van der Waals surface area contributed by atoms with Gasteiger partial charge in [-0.15, -0.1) is 0 Å². The van der Waals surface area contributed by atoms with E-state index in [0.29, 0.717) is 24.1 Å². The van der Waals surface area contributed by atoms with Crippen molar-refractivity contribution < 1.29 is 9.53 Å². The fraction of sp³-hybridized carbons (Fsp3) is 0.643. The summed E-state index contributed by atoms with van der Waals surface area (Å²) in [4.78, 5) is 21.9. The summed E-state index contributed by atoms with van der Waals surface area (Å²) in [5, 5.41) is 0.160. The molecule has 116 valence electrons. The molecule has 0 aliphatic heterocycles. The minimum absolute atomic E-state index is 0.160. The van der Waals surface area contributed by atoms with Crippen LogP contribution in [0.3, 0.4) is 0 Å². The van der Waals surface area contributed by atoms with E-state index in [4.69, 9.17) is 22.1 Å². The molecule has 1 heterocycles. The summed E-state index contributed by atoms with van der Waals surface area (Å²) in [6, 6.07) is 0.324. The number of anilines is 2. The number of esters is 1. The lowest BCUT2D eigenvalue weighted by Crippen LogP contribution is -2.40. The van der Waals surface area contributed by atoms with Gasteiger partial charge in [0.2, 0.25) is 5.28 Å². The number of carbonyl (C=O) groups is 1. The molecule has 1 aliphatic rings. The smallest absolute Gasteiger partial charge is 0.310 e. The Morgan fingerprint density at radius 2 is 2.24 bits per heavy atom. The molecule has 21 heavy (non-hydrogen) atoms. The molecule has 7 heteroatoms. The minimum atomic E-state index is -0.260. The lowest BCUT2D eigenvalue weighted by Gasteiger charge is -2.32. The third-order valence-electron chi connectivity index (χ3n) is 3.88. The van der Waals surface area contributed by atoms with Crippen LogP contribution in [0.25, 0.3) is 0 Å². The van der Waals surface area contributed by atoms with Crippen molar-refractivity contribution in [2.24, 2.45) is 5.92 Å². The lowest BCUT2D eigenvalue weighted by molar-refractivity contribution is -0.144. The largest absolute Gasteiger partial charge is 0.469 e. The summed E-state index contributed by atoms with van der Waals surface area (Å²) in [6.07, 6.45) is 5.98. The zero-order valence-electron chi connectivity index (χ0n) is 12.4. The van der Waals surface area contributed by atoms with Crippen LogP contribution in [0.4, 0.5) is 11.5 Å². The maximum Gasteiger partial charge on any atom is 0.310 e. The van der Waals surface area contributed by atoms with Gasteiger partial charge in [0.1, 0.15) is 0 Å². The van der Waals surface area contributed by atoms with Crippen LogP contribution >= 0.6 is 11.6 Å². The quantitative estimate of drug-likeness (QED) is 0.663. The van der Waals surface area contributed by atoms with Gasteiger partial charge in [-0.25, -0.2) is 4.98 Å². The number of hydrogen-bond acceptors (Lipinski definition) is 6. The van der Waals surface area contributed by atoms with Crippen LogP contribution in [0.1, 0.15) is 32.6 Å². The number of hydrogen-bond donors (Lipinski definition) is 1. The highest BCUT2D eigenvalue weighted by atomic mass is 35.5. The van der Waals surface area contributed by atoms with Crippen LogP contribution in [-0.2, 0) is 9.53 Å². The molecule has 1 saturated carbocycles. The van der Waals surface area contributed by atoms with E-state index in [2.05, 4.69) is 14.9 Å². The molecule has 1 atom stereocenters. The van der Waals surface area contributed by atoms with E-state index in [9.17, 15) is 4.79 Å². The Labute approximate surface area is 129 Å². The highest BCUT2D eigenvalue weighted by Gasteiger charge is 2.29. The molecule has 6 nitrogen and oxygen atoms in total. The van der Waals surface area contributed by atoms with Crippen LogP contribution < -0.4 is 10.6 Å². The molecule has 2 N–H and O–H groups in total. The fourth-order valence-electron chi connectivity index (χ4n) is 2.79. The van der Waals surface area contributed by atoms with Gasteiger partial charge in [0.15, 0.2) is 5.82 Å². The highest BCUT2D eigenvalue weighted by Crippen LogP contribution is 2.31. The van der Waals surface area contributed by atoms with Crippen LogP contribution in [0.2, 0.25) is 5.28 Å². The number of aromatic nitrogens is 2. The first-order chi connectivity index (χ1) is 10.0. The number of halogens is 1. The normalized spacial score (nSPS) is 16.7. The summed E-state index contributed by atoms with van der Waals surface area (Å²) in [6.45, 7) is 2.35. The number of nitrogens with zero attached hydrogens (tertiary/aromatic N) is 3. The molecule has 0 spiro atoms. The Balaban J connectivity index is 2.27. The number of methoxy groups -OCH3 is 1. The van der Waals surface area contributed by atoms with E-state index >= 15 is 0 Å². The van der Waals surface area contributed by atoms with Crippen molar-refractivity contribution in [2.45, 2.75) is 38.6 Å². The SMILES string of the molecule is COC(=O)C(C)CN(c1nc(Cl)ncc1N)C1CCCC1. The van der Waals surface area contributed by atoms with Crippen LogP contribution in [0.15, 0.2) is 6.20 Å². The number of nitrogens with two attached hydrogens (primary N) is 1. The molecule has 0 aromatic carbocycles. The number of rotatable bonds is 5. The van der Waals surface area contributed by atoms with Crippen molar-refractivity contribution in [3.63, 3.8) is 0 Å². The Bertz CT molecular complexity index is 506. The molecule has 0 radical (unpaired) electrons. The molecule has 0 bridgehead atoms. The lowest BCUT2D eigenvalue weighted by atomic mass is 10.1. The monoisotopic (exact) mass is 312 g/mol. The van der Waals surface area contributed by atoms with Gasteiger partial charge in [0.25, 0.3) is 0 Å². The van der Waals surface area contributed by atoms with Gasteiger partial charge in [0.05, 0.1) is 24.9 Å². The fourth-order valence-corrected chi connectivity index (χ4v) is 2.92. The third kappa shape index (κ3) is 3.75. The molecule has 1 unspecified atom stereocenters. The van der Waals surface area contributed by atoms with Gasteiger partial charge in [-0.2, -0.15) is 4.98 Å². The first kappa shape index (κ1) is 15.8.